The van der Waals surface area contributed by atoms with Crippen LogP contribution < -0.4 is 0 Å². The molecule has 1 heterocycles. The Morgan fingerprint density at radius 1 is 1.35 bits per heavy atom. The average Bonchev–Trinajstić information content (AvgIpc) is 2.68. The Kier molecular flexibility index (Phi) is 4.02. The minimum absolute atomic E-state index is 0.110. The molecule has 0 bridgehead atoms. The quantitative estimate of drug-likeness (QED) is 0.732. The Labute approximate surface area is 118 Å². The molecule has 4 heteroatoms. The molecule has 0 radical (unpaired) electrons. The van der Waals surface area contributed by atoms with E-state index in [-0.39, 0.29) is 5.78 Å². The van der Waals surface area contributed by atoms with Gasteiger partial charge in [0.1, 0.15) is 0 Å². The lowest BCUT2D eigenvalue weighted by atomic mass is 10.1. The molecular weight excluding hydrogens is 320 g/mol. The molecule has 0 saturated carbocycles. The smallest absolute Gasteiger partial charge is 0.169 e. The summed E-state index contributed by atoms with van der Waals surface area (Å²) >= 11 is 10.8. The summed E-state index contributed by atoms with van der Waals surface area (Å²) in [6, 6.07) is 9.43. The molecule has 0 unspecified atom stereocenters. The van der Waals surface area contributed by atoms with Crippen LogP contribution in [0.5, 0.6) is 0 Å². The van der Waals surface area contributed by atoms with Gasteiger partial charge in [-0.3, -0.25) is 4.79 Å². The Morgan fingerprint density at radius 3 is 2.76 bits per heavy atom. The summed E-state index contributed by atoms with van der Waals surface area (Å²) in [6.07, 6.45) is 0.402. The van der Waals surface area contributed by atoms with Crippen molar-refractivity contribution < 1.29 is 4.79 Å². The Hall–Kier alpha value is -0.640. The summed E-state index contributed by atoms with van der Waals surface area (Å²) in [4.78, 5) is 13.1. The van der Waals surface area contributed by atoms with E-state index in [2.05, 4.69) is 15.9 Å². The van der Waals surface area contributed by atoms with E-state index in [0.717, 1.165) is 24.8 Å². The highest BCUT2D eigenvalue weighted by Crippen LogP contribution is 2.26. The van der Waals surface area contributed by atoms with Crippen LogP contribution in [0.3, 0.4) is 0 Å². The van der Waals surface area contributed by atoms with Crippen molar-refractivity contribution in [2.75, 3.05) is 0 Å². The lowest BCUT2D eigenvalue weighted by molar-refractivity contribution is 0.0993. The molecule has 88 valence electrons. The summed E-state index contributed by atoms with van der Waals surface area (Å²) in [7, 11) is 0. The number of hydrogen-bond donors (Lipinski definition) is 0. The van der Waals surface area contributed by atoms with E-state index in [0.29, 0.717) is 6.42 Å². The first kappa shape index (κ1) is 12.8. The SMILES string of the molecule is Cc1cccc(C(=O)Cc2ccc(Cl)s2)c1Br. The van der Waals surface area contributed by atoms with Gasteiger partial charge in [0.25, 0.3) is 0 Å². The second-order valence-corrected chi connectivity index (χ2v) is 6.33. The molecule has 0 saturated heterocycles. The minimum Gasteiger partial charge on any atom is -0.294 e. The highest BCUT2D eigenvalue weighted by Gasteiger charge is 2.12. The standard InChI is InChI=1S/C13H10BrClOS/c1-8-3-2-4-10(13(8)14)11(16)7-9-5-6-12(15)17-9/h2-6H,7H2,1H3. The predicted molar refractivity (Wildman–Crippen MR) is 76.2 cm³/mol. The molecule has 0 atom stereocenters. The first-order valence-corrected chi connectivity index (χ1v) is 7.09. The number of carbonyl (C=O) groups excluding carboxylic acids is 1. The monoisotopic (exact) mass is 328 g/mol. The van der Waals surface area contributed by atoms with E-state index in [9.17, 15) is 4.79 Å². The van der Waals surface area contributed by atoms with Crippen molar-refractivity contribution >= 4 is 44.7 Å². The second-order valence-electron chi connectivity index (χ2n) is 3.74. The summed E-state index contributed by atoms with van der Waals surface area (Å²) in [5.74, 6) is 0.110. The lowest BCUT2D eigenvalue weighted by Crippen LogP contribution is -2.03. The van der Waals surface area contributed by atoms with Crippen LogP contribution in [0.25, 0.3) is 0 Å². The summed E-state index contributed by atoms with van der Waals surface area (Å²) in [5, 5.41) is 0. The molecule has 0 aliphatic rings. The number of thiophene rings is 1. The van der Waals surface area contributed by atoms with Crippen molar-refractivity contribution in [3.05, 3.63) is 55.1 Å². The molecule has 1 aromatic carbocycles. The number of rotatable bonds is 3. The minimum atomic E-state index is 0.110. The van der Waals surface area contributed by atoms with Crippen LogP contribution in [-0.2, 0) is 6.42 Å². The second kappa shape index (κ2) is 5.34. The van der Waals surface area contributed by atoms with E-state index < -0.39 is 0 Å². The van der Waals surface area contributed by atoms with Gasteiger partial charge >= 0.3 is 0 Å². The highest BCUT2D eigenvalue weighted by atomic mass is 79.9. The van der Waals surface area contributed by atoms with Crippen LogP contribution in [-0.4, -0.2) is 5.78 Å². The Bertz CT molecular complexity index is 562. The van der Waals surface area contributed by atoms with Crippen LogP contribution in [0.15, 0.2) is 34.8 Å². The van der Waals surface area contributed by atoms with Crippen molar-refractivity contribution in [2.45, 2.75) is 13.3 Å². The van der Waals surface area contributed by atoms with Crippen LogP contribution in [0, 0.1) is 6.92 Å². The third kappa shape index (κ3) is 2.97. The Morgan fingerprint density at radius 2 is 2.12 bits per heavy atom. The molecule has 0 aliphatic heterocycles. The zero-order valence-corrected chi connectivity index (χ0v) is 12.3. The van der Waals surface area contributed by atoms with Crippen molar-refractivity contribution in [3.8, 4) is 0 Å². The van der Waals surface area contributed by atoms with Gasteiger partial charge in [-0.1, -0.05) is 29.8 Å². The number of aryl methyl sites for hydroxylation is 1. The molecule has 0 amide bonds. The molecule has 2 rings (SSSR count). The van der Waals surface area contributed by atoms with Gasteiger partial charge < -0.3 is 0 Å². The van der Waals surface area contributed by atoms with Gasteiger partial charge in [0.05, 0.1) is 4.34 Å². The van der Waals surface area contributed by atoms with Crippen LogP contribution in [0.2, 0.25) is 4.34 Å². The maximum absolute atomic E-state index is 12.1. The first-order valence-electron chi connectivity index (χ1n) is 5.10. The molecule has 2 aromatic rings. The molecule has 17 heavy (non-hydrogen) atoms. The maximum Gasteiger partial charge on any atom is 0.169 e. The van der Waals surface area contributed by atoms with Gasteiger partial charge in [-0.15, -0.1) is 11.3 Å². The van der Waals surface area contributed by atoms with E-state index in [1.165, 1.54) is 11.3 Å². The third-order valence-corrected chi connectivity index (χ3v) is 4.74. The molecular formula is C13H10BrClOS. The van der Waals surface area contributed by atoms with Crippen molar-refractivity contribution in [3.63, 3.8) is 0 Å². The predicted octanol–water partition coefficient (Wildman–Crippen LogP) is 4.90. The molecule has 1 aromatic heterocycles. The topological polar surface area (TPSA) is 17.1 Å². The molecule has 0 spiro atoms. The van der Waals surface area contributed by atoms with Crippen LogP contribution >= 0.6 is 38.9 Å². The number of ketones is 1. The Balaban J connectivity index is 2.23. The zero-order chi connectivity index (χ0) is 12.4. The van der Waals surface area contributed by atoms with Gasteiger partial charge in [0.2, 0.25) is 0 Å². The summed E-state index contributed by atoms with van der Waals surface area (Å²) in [5.41, 5.74) is 1.80. The van der Waals surface area contributed by atoms with E-state index in [1.54, 1.807) is 0 Å². The summed E-state index contributed by atoms with van der Waals surface area (Å²) < 4.78 is 1.60. The number of Topliss-reactive ketones (excluding diaryl/α,β-unsaturated/α-hetero) is 1. The number of carbonyl (C=O) groups is 1. The van der Waals surface area contributed by atoms with Gasteiger partial charge in [0.15, 0.2) is 5.78 Å². The largest absolute Gasteiger partial charge is 0.294 e. The number of halogens is 2. The first-order chi connectivity index (χ1) is 8.08. The van der Waals surface area contributed by atoms with E-state index >= 15 is 0 Å². The third-order valence-electron chi connectivity index (χ3n) is 2.46. The fourth-order valence-electron chi connectivity index (χ4n) is 1.56. The van der Waals surface area contributed by atoms with Crippen LogP contribution in [0.4, 0.5) is 0 Å². The molecule has 1 nitrogen and oxygen atoms in total. The van der Waals surface area contributed by atoms with E-state index in [1.807, 2.05) is 37.3 Å². The highest BCUT2D eigenvalue weighted by molar-refractivity contribution is 9.10. The molecule has 0 N–H and O–H groups in total. The fraction of sp³-hybridized carbons (Fsp3) is 0.154. The van der Waals surface area contributed by atoms with Gasteiger partial charge in [-0.25, -0.2) is 0 Å². The number of benzene rings is 1. The van der Waals surface area contributed by atoms with E-state index in [4.69, 9.17) is 11.6 Å². The average molecular weight is 330 g/mol. The normalized spacial score (nSPS) is 10.5. The maximum atomic E-state index is 12.1. The fourth-order valence-corrected chi connectivity index (χ4v) is 3.13. The van der Waals surface area contributed by atoms with Gasteiger partial charge in [-0.05, 0) is 40.5 Å². The zero-order valence-electron chi connectivity index (χ0n) is 9.17. The lowest BCUT2D eigenvalue weighted by Gasteiger charge is -2.05. The van der Waals surface area contributed by atoms with Crippen molar-refractivity contribution in [2.24, 2.45) is 0 Å². The molecule has 0 fully saturated rings. The van der Waals surface area contributed by atoms with Crippen LogP contribution in [0.1, 0.15) is 20.8 Å². The summed E-state index contributed by atoms with van der Waals surface area (Å²) in [6.45, 7) is 1.98. The number of hydrogen-bond acceptors (Lipinski definition) is 2. The van der Waals surface area contributed by atoms with Gasteiger partial charge in [0, 0.05) is 21.3 Å². The van der Waals surface area contributed by atoms with Crippen molar-refractivity contribution in [1.29, 1.82) is 0 Å². The molecule has 0 aliphatic carbocycles. The van der Waals surface area contributed by atoms with Crippen molar-refractivity contribution in [1.82, 2.24) is 0 Å². The van der Waals surface area contributed by atoms with Gasteiger partial charge in [-0.2, -0.15) is 0 Å².